The topological polar surface area (TPSA) is 61.4 Å². The maximum atomic E-state index is 12.6. The first-order valence-corrected chi connectivity index (χ1v) is 8.94. The molecule has 0 atom stereocenters. The van der Waals surface area contributed by atoms with E-state index in [4.69, 9.17) is 0 Å². The number of hydrogen-bond donors (Lipinski definition) is 2. The molecule has 0 aliphatic heterocycles. The number of benzene rings is 2. The fraction of sp³-hybridized carbons (Fsp3) is 0.273. The Morgan fingerprint density at radius 2 is 1.56 bits per heavy atom. The molecule has 0 saturated heterocycles. The van der Waals surface area contributed by atoms with Gasteiger partial charge in [0.1, 0.15) is 5.70 Å². The zero-order valence-corrected chi connectivity index (χ0v) is 16.5. The number of rotatable bonds is 6. The van der Waals surface area contributed by atoms with Gasteiger partial charge in [-0.05, 0) is 56.7 Å². The predicted molar refractivity (Wildman–Crippen MR) is 111 cm³/mol. The van der Waals surface area contributed by atoms with Crippen molar-refractivity contribution in [3.63, 3.8) is 0 Å². The van der Waals surface area contributed by atoms with Crippen molar-refractivity contribution in [2.24, 2.45) is 0 Å². The second kappa shape index (κ2) is 9.03. The average molecular weight is 365 g/mol. The average Bonchev–Trinajstić information content (AvgIpc) is 2.61. The number of hydrogen-bond acceptors (Lipinski definition) is 3. The van der Waals surface area contributed by atoms with Crippen LogP contribution < -0.4 is 15.5 Å². The summed E-state index contributed by atoms with van der Waals surface area (Å²) in [7, 11) is 3.93. The van der Waals surface area contributed by atoms with Crippen LogP contribution in [0.2, 0.25) is 0 Å². The fourth-order valence-electron chi connectivity index (χ4n) is 2.43. The number of nitrogens with zero attached hydrogens (tertiary/aromatic N) is 1. The molecule has 2 rings (SSSR count). The van der Waals surface area contributed by atoms with Gasteiger partial charge >= 0.3 is 0 Å². The first kappa shape index (κ1) is 20.2. The van der Waals surface area contributed by atoms with E-state index in [9.17, 15) is 9.59 Å². The smallest absolute Gasteiger partial charge is 0.268 e. The van der Waals surface area contributed by atoms with Gasteiger partial charge in [-0.25, -0.2) is 0 Å². The molecule has 27 heavy (non-hydrogen) atoms. The zero-order chi connectivity index (χ0) is 20.0. The highest BCUT2D eigenvalue weighted by Gasteiger charge is 2.15. The largest absolute Gasteiger partial charge is 0.378 e. The van der Waals surface area contributed by atoms with Crippen LogP contribution in [0.5, 0.6) is 0 Å². The Balaban J connectivity index is 2.28. The first-order chi connectivity index (χ1) is 12.8. The van der Waals surface area contributed by atoms with Crippen LogP contribution in [0.3, 0.4) is 0 Å². The standard InChI is InChI=1S/C22H27N3O2/c1-15(2)23-22(27)20(14-17-8-12-19(13-9-17)25(4)5)24-21(26)18-10-6-16(3)7-11-18/h6-15H,1-5H3,(H,23,27)(H,24,26)/b20-14+. The maximum absolute atomic E-state index is 12.6. The second-order valence-electron chi connectivity index (χ2n) is 6.99. The summed E-state index contributed by atoms with van der Waals surface area (Å²) in [6.07, 6.45) is 1.68. The Bertz CT molecular complexity index is 820. The van der Waals surface area contributed by atoms with Crippen LogP contribution in [0.1, 0.15) is 35.3 Å². The summed E-state index contributed by atoms with van der Waals surface area (Å²) >= 11 is 0. The van der Waals surface area contributed by atoms with E-state index < -0.39 is 0 Å². The molecule has 2 aromatic rings. The van der Waals surface area contributed by atoms with Crippen molar-refractivity contribution >= 4 is 23.6 Å². The van der Waals surface area contributed by atoms with Crippen molar-refractivity contribution < 1.29 is 9.59 Å². The third-order valence-corrected chi connectivity index (χ3v) is 3.95. The van der Waals surface area contributed by atoms with E-state index in [1.807, 2.05) is 76.2 Å². The SMILES string of the molecule is Cc1ccc(C(=O)N/C(=C/c2ccc(N(C)C)cc2)C(=O)NC(C)C)cc1. The molecular formula is C22H27N3O2. The molecule has 2 amide bonds. The Labute approximate surface area is 161 Å². The molecule has 0 spiro atoms. The normalized spacial score (nSPS) is 11.3. The molecule has 2 N–H and O–H groups in total. The van der Waals surface area contributed by atoms with Gasteiger partial charge in [-0.3, -0.25) is 9.59 Å². The lowest BCUT2D eigenvalue weighted by atomic mass is 10.1. The second-order valence-corrected chi connectivity index (χ2v) is 6.99. The van der Waals surface area contributed by atoms with Crippen LogP contribution in [-0.2, 0) is 4.79 Å². The monoisotopic (exact) mass is 365 g/mol. The van der Waals surface area contributed by atoms with E-state index in [0.29, 0.717) is 5.56 Å². The molecule has 142 valence electrons. The minimum absolute atomic E-state index is 0.0340. The molecule has 0 saturated carbocycles. The Kier molecular flexibility index (Phi) is 6.77. The summed E-state index contributed by atoms with van der Waals surface area (Å²) in [5.74, 6) is -0.632. The highest BCUT2D eigenvalue weighted by atomic mass is 16.2. The number of carbonyl (C=O) groups is 2. The number of anilines is 1. The number of carbonyl (C=O) groups excluding carboxylic acids is 2. The molecule has 0 fully saturated rings. The lowest BCUT2D eigenvalue weighted by Crippen LogP contribution is -2.38. The number of aryl methyl sites for hydroxylation is 1. The van der Waals surface area contributed by atoms with Gasteiger partial charge in [-0.2, -0.15) is 0 Å². The van der Waals surface area contributed by atoms with Gasteiger partial charge in [0.25, 0.3) is 11.8 Å². The first-order valence-electron chi connectivity index (χ1n) is 8.94. The summed E-state index contributed by atoms with van der Waals surface area (Å²) in [6, 6.07) is 14.9. The van der Waals surface area contributed by atoms with Gasteiger partial charge in [0.15, 0.2) is 0 Å². The Morgan fingerprint density at radius 3 is 2.07 bits per heavy atom. The van der Waals surface area contributed by atoms with Crippen LogP contribution in [0.15, 0.2) is 54.2 Å². The molecule has 0 unspecified atom stereocenters. The molecule has 0 aliphatic carbocycles. The summed E-state index contributed by atoms with van der Waals surface area (Å²) < 4.78 is 0. The van der Waals surface area contributed by atoms with Crippen molar-refractivity contribution in [2.45, 2.75) is 26.8 Å². The molecule has 0 heterocycles. The van der Waals surface area contributed by atoms with Crippen molar-refractivity contribution in [1.29, 1.82) is 0 Å². The van der Waals surface area contributed by atoms with Gasteiger partial charge < -0.3 is 15.5 Å². The molecule has 5 nitrogen and oxygen atoms in total. The highest BCUT2D eigenvalue weighted by molar-refractivity contribution is 6.05. The third kappa shape index (κ3) is 5.99. The van der Waals surface area contributed by atoms with E-state index >= 15 is 0 Å². The molecule has 2 aromatic carbocycles. The summed E-state index contributed by atoms with van der Waals surface area (Å²) in [4.78, 5) is 27.1. The van der Waals surface area contributed by atoms with E-state index in [1.54, 1.807) is 18.2 Å². The van der Waals surface area contributed by atoms with E-state index in [0.717, 1.165) is 16.8 Å². The molecule has 0 aromatic heterocycles. The van der Waals surface area contributed by atoms with Gasteiger partial charge in [-0.1, -0.05) is 29.8 Å². The van der Waals surface area contributed by atoms with E-state index in [2.05, 4.69) is 10.6 Å². The van der Waals surface area contributed by atoms with Crippen LogP contribution in [0, 0.1) is 6.92 Å². The van der Waals surface area contributed by atoms with E-state index in [1.165, 1.54) is 0 Å². The maximum Gasteiger partial charge on any atom is 0.268 e. The van der Waals surface area contributed by atoms with Gasteiger partial charge in [0, 0.05) is 31.4 Å². The Morgan fingerprint density at radius 1 is 0.963 bits per heavy atom. The molecule has 5 heteroatoms. The van der Waals surface area contributed by atoms with E-state index in [-0.39, 0.29) is 23.6 Å². The van der Waals surface area contributed by atoms with Crippen LogP contribution in [-0.4, -0.2) is 32.0 Å². The highest BCUT2D eigenvalue weighted by Crippen LogP contribution is 2.15. The summed E-state index contributed by atoms with van der Waals surface area (Å²) in [6.45, 7) is 5.72. The fourth-order valence-corrected chi connectivity index (χ4v) is 2.43. The third-order valence-electron chi connectivity index (χ3n) is 3.95. The van der Waals surface area contributed by atoms with Crippen molar-refractivity contribution in [1.82, 2.24) is 10.6 Å². The lowest BCUT2D eigenvalue weighted by Gasteiger charge is -2.14. The lowest BCUT2D eigenvalue weighted by molar-refractivity contribution is -0.118. The van der Waals surface area contributed by atoms with Crippen molar-refractivity contribution in [2.75, 3.05) is 19.0 Å². The predicted octanol–water partition coefficient (Wildman–Crippen LogP) is 3.36. The number of amides is 2. The van der Waals surface area contributed by atoms with Crippen molar-refractivity contribution in [3.8, 4) is 0 Å². The van der Waals surface area contributed by atoms with Gasteiger partial charge in [0.2, 0.25) is 0 Å². The summed E-state index contributed by atoms with van der Waals surface area (Å²) in [5, 5.41) is 5.57. The van der Waals surface area contributed by atoms with Gasteiger partial charge in [-0.15, -0.1) is 0 Å². The molecule has 0 aliphatic rings. The van der Waals surface area contributed by atoms with Crippen molar-refractivity contribution in [3.05, 3.63) is 70.9 Å². The van der Waals surface area contributed by atoms with Crippen LogP contribution >= 0.6 is 0 Å². The molecule has 0 bridgehead atoms. The zero-order valence-electron chi connectivity index (χ0n) is 16.5. The van der Waals surface area contributed by atoms with Crippen LogP contribution in [0.4, 0.5) is 5.69 Å². The molecule has 0 radical (unpaired) electrons. The minimum Gasteiger partial charge on any atom is -0.378 e. The quantitative estimate of drug-likeness (QED) is 0.772. The Hall–Kier alpha value is -3.08. The number of nitrogens with one attached hydrogen (secondary N) is 2. The van der Waals surface area contributed by atoms with Gasteiger partial charge in [0.05, 0.1) is 0 Å². The summed E-state index contributed by atoms with van der Waals surface area (Å²) in [5.41, 5.74) is 3.68. The molecular weight excluding hydrogens is 338 g/mol. The minimum atomic E-state index is -0.317. The van der Waals surface area contributed by atoms with Crippen LogP contribution in [0.25, 0.3) is 6.08 Å².